The van der Waals surface area contributed by atoms with E-state index in [2.05, 4.69) is 17.7 Å². The van der Waals surface area contributed by atoms with Crippen molar-refractivity contribution in [3.05, 3.63) is 110 Å². The van der Waals surface area contributed by atoms with Crippen LogP contribution in [-0.4, -0.2) is 29.0 Å². The number of amidine groups is 1. The van der Waals surface area contributed by atoms with E-state index >= 15 is 0 Å². The summed E-state index contributed by atoms with van der Waals surface area (Å²) < 4.78 is 6.27. The molecule has 12 heteroatoms. The highest BCUT2D eigenvalue weighted by Crippen LogP contribution is 2.41. The van der Waals surface area contributed by atoms with Crippen LogP contribution in [0.15, 0.2) is 82.7 Å². The van der Waals surface area contributed by atoms with Gasteiger partial charge in [0, 0.05) is 9.92 Å². The van der Waals surface area contributed by atoms with E-state index < -0.39 is 11.4 Å². The van der Waals surface area contributed by atoms with E-state index in [1.165, 1.54) is 28.9 Å². The summed E-state index contributed by atoms with van der Waals surface area (Å²) in [6.07, 6.45) is 1.55. The quantitative estimate of drug-likeness (QED) is 0.160. The number of hydrogen-bond donors (Lipinski definition) is 2. The van der Waals surface area contributed by atoms with E-state index in [-0.39, 0.29) is 27.5 Å². The molecule has 1 aliphatic rings. The average Bonchev–Trinajstić information content (AvgIpc) is 3.32. The van der Waals surface area contributed by atoms with Crippen LogP contribution in [0.4, 0.5) is 17.1 Å². The van der Waals surface area contributed by atoms with Crippen molar-refractivity contribution in [2.45, 2.75) is 63.2 Å². The topological polar surface area (TPSA) is 83.0 Å². The molecule has 2 atom stereocenters. The van der Waals surface area contributed by atoms with Gasteiger partial charge in [-0.1, -0.05) is 95.6 Å². The Bertz CT molecular complexity index is 1860. The van der Waals surface area contributed by atoms with Gasteiger partial charge in [0.1, 0.15) is 22.5 Å². The van der Waals surface area contributed by atoms with Crippen LogP contribution in [0.2, 0.25) is 20.1 Å². The molecule has 7 nitrogen and oxygen atoms in total. The normalized spacial score (nSPS) is 15.8. The van der Waals surface area contributed by atoms with Crippen molar-refractivity contribution in [2.24, 2.45) is 4.99 Å². The number of para-hydroxylation sites is 1. The Hall–Kier alpha value is -3.40. The highest BCUT2D eigenvalue weighted by atomic mass is 35.5. The van der Waals surface area contributed by atoms with E-state index in [9.17, 15) is 9.59 Å². The molecule has 1 saturated heterocycles. The molecule has 2 amide bonds. The predicted molar refractivity (Wildman–Crippen MR) is 200 cm³/mol. The number of nitrogens with one attached hydrogen (secondary N) is 2. The monoisotopic (exact) mass is 742 g/mol. The van der Waals surface area contributed by atoms with E-state index in [1.807, 2.05) is 69.3 Å². The lowest BCUT2D eigenvalue weighted by Crippen LogP contribution is -2.36. The minimum Gasteiger partial charge on any atom is -0.480 e. The Morgan fingerprint density at radius 1 is 0.958 bits per heavy atom. The van der Waals surface area contributed by atoms with Crippen molar-refractivity contribution >= 4 is 92.9 Å². The summed E-state index contributed by atoms with van der Waals surface area (Å²) in [7, 11) is 0. The molecular formula is C36H34Cl4N4O3S. The molecule has 0 aliphatic carbocycles. The van der Waals surface area contributed by atoms with Crippen molar-refractivity contribution < 1.29 is 14.3 Å². The molecule has 0 spiro atoms. The van der Waals surface area contributed by atoms with E-state index in [0.717, 1.165) is 29.5 Å². The molecule has 1 heterocycles. The number of carbonyl (C=O) groups is 2. The number of thioether (sulfide) groups is 1. The number of benzene rings is 4. The minimum atomic E-state index is -0.884. The molecule has 48 heavy (non-hydrogen) atoms. The number of carbonyl (C=O) groups excluding carboxylic acids is 2. The zero-order chi connectivity index (χ0) is 34.5. The molecule has 2 unspecified atom stereocenters. The second kappa shape index (κ2) is 15.9. The number of hydrazine groups is 1. The number of halogens is 4. The fourth-order valence-corrected chi connectivity index (χ4v) is 7.36. The number of ether oxygens (including phenoxy) is 1. The van der Waals surface area contributed by atoms with Gasteiger partial charge in [-0.2, -0.15) is 0 Å². The van der Waals surface area contributed by atoms with Crippen LogP contribution in [0, 0.1) is 20.8 Å². The maximum atomic E-state index is 14.1. The number of unbranched alkanes of at least 4 members (excludes halogenated alkanes) is 1. The first-order valence-electron chi connectivity index (χ1n) is 15.4. The second-order valence-electron chi connectivity index (χ2n) is 11.5. The molecule has 0 bridgehead atoms. The number of aliphatic imine (C=N–C) groups is 1. The third kappa shape index (κ3) is 8.41. The molecule has 0 aromatic heterocycles. The van der Waals surface area contributed by atoms with Gasteiger partial charge in [0.2, 0.25) is 0 Å². The van der Waals surface area contributed by atoms with Gasteiger partial charge in [0.25, 0.3) is 11.8 Å². The number of rotatable bonds is 11. The van der Waals surface area contributed by atoms with Gasteiger partial charge in [0.05, 0.1) is 26.4 Å². The summed E-state index contributed by atoms with van der Waals surface area (Å²) in [6.45, 7) is 7.98. The predicted octanol–water partition coefficient (Wildman–Crippen LogP) is 10.5. The third-order valence-corrected chi connectivity index (χ3v) is 9.95. The Morgan fingerprint density at radius 3 is 2.35 bits per heavy atom. The molecule has 4 aromatic carbocycles. The third-order valence-electron chi connectivity index (χ3n) is 7.57. The summed E-state index contributed by atoms with van der Waals surface area (Å²) in [5, 5.41) is 4.55. The van der Waals surface area contributed by atoms with Gasteiger partial charge in [-0.05, 0) is 87.2 Å². The fourth-order valence-electron chi connectivity index (χ4n) is 5.14. The number of nitrogens with zero attached hydrogens (tertiary/aromatic N) is 2. The van der Waals surface area contributed by atoms with E-state index in [0.29, 0.717) is 44.3 Å². The Morgan fingerprint density at radius 2 is 1.65 bits per heavy atom. The average molecular weight is 745 g/mol. The Balaban J connectivity index is 1.47. The summed E-state index contributed by atoms with van der Waals surface area (Å²) in [6, 6.07) is 21.6. The van der Waals surface area contributed by atoms with Crippen LogP contribution in [0.5, 0.6) is 5.75 Å². The van der Waals surface area contributed by atoms with Crippen LogP contribution < -0.4 is 20.5 Å². The summed E-state index contributed by atoms with van der Waals surface area (Å²) in [4.78, 5) is 33.3. The molecule has 1 fully saturated rings. The van der Waals surface area contributed by atoms with Crippen LogP contribution in [0.25, 0.3) is 0 Å². The number of anilines is 2. The smallest absolute Gasteiger partial charge is 0.267 e. The van der Waals surface area contributed by atoms with Gasteiger partial charge < -0.3 is 10.1 Å². The van der Waals surface area contributed by atoms with Crippen LogP contribution in [-0.2, 0) is 9.59 Å². The molecule has 5 rings (SSSR count). The van der Waals surface area contributed by atoms with Gasteiger partial charge in [-0.25, -0.2) is 10.0 Å². The maximum absolute atomic E-state index is 14.1. The van der Waals surface area contributed by atoms with Crippen molar-refractivity contribution in [1.82, 2.24) is 5.43 Å². The first-order valence-corrected chi connectivity index (χ1v) is 17.7. The second-order valence-corrected chi connectivity index (χ2v) is 14.3. The first-order chi connectivity index (χ1) is 22.9. The van der Waals surface area contributed by atoms with Crippen molar-refractivity contribution in [3.63, 3.8) is 0 Å². The Labute approximate surface area is 304 Å². The molecular weight excluding hydrogens is 710 g/mol. The molecule has 0 saturated carbocycles. The summed E-state index contributed by atoms with van der Waals surface area (Å²) in [5.41, 5.74) is 7.36. The first kappa shape index (κ1) is 35.9. The number of amides is 2. The molecule has 0 radical (unpaired) electrons. The van der Waals surface area contributed by atoms with Crippen molar-refractivity contribution in [2.75, 3.05) is 10.3 Å². The SMILES string of the molecule is CCCCC(Oc1ccc(C)cc1C)C(=O)Nc1ccccc1SC1C(=O)N(c2c(Cl)cc(Cl)cc2Cl)NC1=Nc1cc(C)ccc1Cl. The zero-order valence-corrected chi connectivity index (χ0v) is 30.6. The lowest BCUT2D eigenvalue weighted by atomic mass is 10.1. The fraction of sp³-hybridized carbons (Fsp3) is 0.250. The van der Waals surface area contributed by atoms with Crippen molar-refractivity contribution in [1.29, 1.82) is 0 Å². The zero-order valence-electron chi connectivity index (χ0n) is 26.7. The van der Waals surface area contributed by atoms with Gasteiger partial charge in [0.15, 0.2) is 6.10 Å². The molecule has 4 aromatic rings. The number of aryl methyl sites for hydroxylation is 3. The van der Waals surface area contributed by atoms with E-state index in [4.69, 9.17) is 56.1 Å². The molecule has 250 valence electrons. The maximum Gasteiger partial charge on any atom is 0.267 e. The van der Waals surface area contributed by atoms with Crippen LogP contribution in [0.1, 0.15) is 42.9 Å². The largest absolute Gasteiger partial charge is 0.480 e. The highest BCUT2D eigenvalue weighted by molar-refractivity contribution is 8.01. The number of hydrogen-bond acceptors (Lipinski definition) is 5. The van der Waals surface area contributed by atoms with Crippen molar-refractivity contribution in [3.8, 4) is 5.75 Å². The molecule has 2 N–H and O–H groups in total. The van der Waals surface area contributed by atoms with Crippen LogP contribution >= 0.6 is 58.2 Å². The minimum absolute atomic E-state index is 0.182. The highest BCUT2D eigenvalue weighted by Gasteiger charge is 2.41. The van der Waals surface area contributed by atoms with Crippen LogP contribution in [0.3, 0.4) is 0 Å². The lowest BCUT2D eigenvalue weighted by Gasteiger charge is -2.21. The lowest BCUT2D eigenvalue weighted by molar-refractivity contribution is -0.123. The summed E-state index contributed by atoms with van der Waals surface area (Å²) in [5.74, 6) is 0.306. The van der Waals surface area contributed by atoms with E-state index in [1.54, 1.807) is 12.1 Å². The van der Waals surface area contributed by atoms with Gasteiger partial charge in [-0.15, -0.1) is 11.8 Å². The van der Waals surface area contributed by atoms with Gasteiger partial charge in [-0.3, -0.25) is 15.0 Å². The standard InChI is InChI=1S/C36H34Cl4N4O3S/c1-5-6-10-30(47-29-15-13-20(2)16-22(29)4)35(45)42-27-9-7-8-11-31(27)48-33-34(41-28-17-21(3)12-14-24(28)38)43-44(36(33)46)32-25(39)18-23(37)19-26(32)40/h7-9,11-19,30,33H,5-6,10H2,1-4H3,(H,41,43)(H,42,45). The van der Waals surface area contributed by atoms with Gasteiger partial charge >= 0.3 is 0 Å². The molecule has 1 aliphatic heterocycles. The Kier molecular flexibility index (Phi) is 11.9. The summed E-state index contributed by atoms with van der Waals surface area (Å²) >= 11 is 27.0.